The quantitative estimate of drug-likeness (QED) is 0.468. The van der Waals surface area contributed by atoms with Crippen LogP contribution in [0.4, 0.5) is 0 Å². The van der Waals surface area contributed by atoms with E-state index >= 15 is 0 Å². The van der Waals surface area contributed by atoms with Crippen LogP contribution in [0.1, 0.15) is 37.6 Å². The molecule has 2 rings (SSSR count). The molecule has 1 heterocycles. The minimum Gasteiger partial charge on any atom is -0.482 e. The van der Waals surface area contributed by atoms with E-state index in [9.17, 15) is 22.8 Å². The fraction of sp³-hybridized carbons (Fsp3) is 0.526. The summed E-state index contributed by atoms with van der Waals surface area (Å²) in [5.41, 5.74) is 0.530. The molecule has 1 aromatic rings. The van der Waals surface area contributed by atoms with Crippen LogP contribution in [0.15, 0.2) is 24.3 Å². The summed E-state index contributed by atoms with van der Waals surface area (Å²) in [5, 5.41) is 0. The highest BCUT2D eigenvalue weighted by molar-refractivity contribution is 7.91. The number of nitrogens with zero attached hydrogens (tertiary/aromatic N) is 1. The number of carbonyl (C=O) groups excluding carboxylic acids is 3. The first-order valence-corrected chi connectivity index (χ1v) is 10.9. The second-order valence-electron chi connectivity index (χ2n) is 6.68. The zero-order valence-corrected chi connectivity index (χ0v) is 17.0. The van der Waals surface area contributed by atoms with E-state index in [1.807, 2.05) is 0 Å². The summed E-state index contributed by atoms with van der Waals surface area (Å²) in [6.07, 6.45) is -0.651. The second-order valence-corrected chi connectivity index (χ2v) is 8.91. The van der Waals surface area contributed by atoms with E-state index in [2.05, 4.69) is 0 Å². The molecule has 1 aliphatic heterocycles. The molecule has 0 unspecified atom stereocenters. The molecule has 2 atom stereocenters. The lowest BCUT2D eigenvalue weighted by atomic mass is 10.1. The molecular formula is C19H25NO7S. The zero-order valence-electron chi connectivity index (χ0n) is 16.2. The SMILES string of the molecule is CCN(C(=O)[C@H](C)OC(=O)COc1ccc(C(C)=O)cc1)[C@@H]1CCS(=O)(=O)C1. The number of hydrogen-bond donors (Lipinski definition) is 0. The average molecular weight is 411 g/mol. The number of amides is 1. The van der Waals surface area contributed by atoms with Gasteiger partial charge in [-0.3, -0.25) is 9.59 Å². The largest absolute Gasteiger partial charge is 0.482 e. The van der Waals surface area contributed by atoms with E-state index in [1.54, 1.807) is 31.2 Å². The number of ketones is 1. The van der Waals surface area contributed by atoms with Crippen molar-refractivity contribution in [3.05, 3.63) is 29.8 Å². The van der Waals surface area contributed by atoms with Crippen LogP contribution < -0.4 is 4.74 Å². The lowest BCUT2D eigenvalue weighted by Gasteiger charge is -2.29. The maximum atomic E-state index is 12.6. The maximum Gasteiger partial charge on any atom is 0.344 e. The number of hydrogen-bond acceptors (Lipinski definition) is 7. The molecule has 0 saturated carbocycles. The molecule has 0 aliphatic carbocycles. The minimum atomic E-state index is -3.12. The Labute approximate surface area is 164 Å². The summed E-state index contributed by atoms with van der Waals surface area (Å²) in [6, 6.07) is 5.92. The van der Waals surface area contributed by atoms with Crippen molar-refractivity contribution in [2.75, 3.05) is 24.7 Å². The van der Waals surface area contributed by atoms with Crippen molar-refractivity contribution in [3.8, 4) is 5.75 Å². The molecule has 1 aromatic carbocycles. The molecule has 0 aromatic heterocycles. The molecule has 0 spiro atoms. The summed E-state index contributed by atoms with van der Waals surface area (Å²) < 4.78 is 33.7. The standard InChI is InChI=1S/C19H25NO7S/c1-4-20(16-9-10-28(24,25)12-16)19(23)14(3)27-18(22)11-26-17-7-5-15(6-8-17)13(2)21/h5-8,14,16H,4,9-12H2,1-3H3/t14-,16+/m0/s1. The first kappa shape index (κ1) is 21.9. The summed E-state index contributed by atoms with van der Waals surface area (Å²) in [7, 11) is -3.12. The van der Waals surface area contributed by atoms with Crippen molar-refractivity contribution in [2.45, 2.75) is 39.3 Å². The minimum absolute atomic E-state index is 0.0614. The number of sulfone groups is 1. The predicted octanol–water partition coefficient (Wildman–Crippen LogP) is 1.24. The molecule has 1 saturated heterocycles. The van der Waals surface area contributed by atoms with Gasteiger partial charge in [-0.2, -0.15) is 0 Å². The van der Waals surface area contributed by atoms with Crippen LogP contribution in [0.3, 0.4) is 0 Å². The smallest absolute Gasteiger partial charge is 0.344 e. The summed E-state index contributed by atoms with van der Waals surface area (Å²) in [5.74, 6) is -0.824. The van der Waals surface area contributed by atoms with E-state index < -0.39 is 27.8 Å². The topological polar surface area (TPSA) is 107 Å². The normalized spacial score (nSPS) is 18.9. The van der Waals surface area contributed by atoms with Gasteiger partial charge in [-0.25, -0.2) is 13.2 Å². The maximum absolute atomic E-state index is 12.6. The van der Waals surface area contributed by atoms with E-state index in [-0.39, 0.29) is 29.9 Å². The Morgan fingerprint density at radius 2 is 1.86 bits per heavy atom. The van der Waals surface area contributed by atoms with E-state index in [1.165, 1.54) is 18.7 Å². The molecule has 0 radical (unpaired) electrons. The average Bonchev–Trinajstić information content (AvgIpc) is 3.00. The number of rotatable bonds is 8. The molecule has 154 valence electrons. The van der Waals surface area contributed by atoms with Crippen LogP contribution in [-0.2, 0) is 24.2 Å². The summed E-state index contributed by atoms with van der Waals surface area (Å²) in [6.45, 7) is 4.60. The van der Waals surface area contributed by atoms with Crippen molar-refractivity contribution in [3.63, 3.8) is 0 Å². The molecular weight excluding hydrogens is 386 g/mol. The van der Waals surface area contributed by atoms with E-state index in [0.29, 0.717) is 24.3 Å². The van der Waals surface area contributed by atoms with Gasteiger partial charge in [0.2, 0.25) is 0 Å². The predicted molar refractivity (Wildman–Crippen MR) is 102 cm³/mol. The lowest BCUT2D eigenvalue weighted by Crippen LogP contribution is -2.46. The Morgan fingerprint density at radius 3 is 2.36 bits per heavy atom. The van der Waals surface area contributed by atoms with Gasteiger partial charge in [0, 0.05) is 18.2 Å². The fourth-order valence-electron chi connectivity index (χ4n) is 3.06. The van der Waals surface area contributed by atoms with Crippen LogP contribution in [-0.4, -0.2) is 67.8 Å². The van der Waals surface area contributed by atoms with Crippen LogP contribution >= 0.6 is 0 Å². The Morgan fingerprint density at radius 1 is 1.21 bits per heavy atom. The number of carbonyl (C=O) groups is 3. The molecule has 0 bridgehead atoms. The monoisotopic (exact) mass is 411 g/mol. The van der Waals surface area contributed by atoms with Crippen LogP contribution in [0, 0.1) is 0 Å². The molecule has 8 nitrogen and oxygen atoms in total. The number of ether oxygens (including phenoxy) is 2. The Kier molecular flexibility index (Phi) is 7.17. The number of esters is 1. The number of benzene rings is 1. The van der Waals surface area contributed by atoms with Gasteiger partial charge in [0.05, 0.1) is 11.5 Å². The van der Waals surface area contributed by atoms with Crippen molar-refractivity contribution in [1.82, 2.24) is 4.90 Å². The van der Waals surface area contributed by atoms with E-state index in [4.69, 9.17) is 9.47 Å². The highest BCUT2D eigenvalue weighted by atomic mass is 32.2. The van der Waals surface area contributed by atoms with Gasteiger partial charge in [-0.05, 0) is 51.5 Å². The highest BCUT2D eigenvalue weighted by Gasteiger charge is 2.36. The molecule has 28 heavy (non-hydrogen) atoms. The van der Waals surface area contributed by atoms with Gasteiger partial charge in [-0.15, -0.1) is 0 Å². The third-order valence-electron chi connectivity index (χ3n) is 4.55. The van der Waals surface area contributed by atoms with Crippen LogP contribution in [0.2, 0.25) is 0 Å². The van der Waals surface area contributed by atoms with Crippen molar-refractivity contribution >= 4 is 27.5 Å². The Bertz CT molecular complexity index is 832. The van der Waals surface area contributed by atoms with Gasteiger partial charge in [0.1, 0.15) is 5.75 Å². The number of Topliss-reactive ketones (excluding diaryl/α,β-unsaturated/α-hetero) is 1. The molecule has 0 N–H and O–H groups in total. The van der Waals surface area contributed by atoms with E-state index in [0.717, 1.165) is 0 Å². The Balaban J connectivity index is 1.86. The second kappa shape index (κ2) is 9.18. The summed E-state index contributed by atoms with van der Waals surface area (Å²) in [4.78, 5) is 37.2. The van der Waals surface area contributed by atoms with Crippen LogP contribution in [0.5, 0.6) is 5.75 Å². The van der Waals surface area contributed by atoms with Crippen molar-refractivity contribution < 1.29 is 32.3 Å². The molecule has 9 heteroatoms. The van der Waals surface area contributed by atoms with Gasteiger partial charge < -0.3 is 14.4 Å². The summed E-state index contributed by atoms with van der Waals surface area (Å²) >= 11 is 0. The Hall–Kier alpha value is -2.42. The number of likely N-dealkylation sites (N-methyl/N-ethyl adjacent to an activating group) is 1. The highest BCUT2D eigenvalue weighted by Crippen LogP contribution is 2.19. The van der Waals surface area contributed by atoms with Gasteiger partial charge >= 0.3 is 5.97 Å². The zero-order chi connectivity index (χ0) is 20.9. The van der Waals surface area contributed by atoms with Crippen molar-refractivity contribution in [1.29, 1.82) is 0 Å². The third kappa shape index (κ3) is 5.79. The first-order chi connectivity index (χ1) is 13.1. The molecule has 1 amide bonds. The third-order valence-corrected chi connectivity index (χ3v) is 6.30. The fourth-order valence-corrected chi connectivity index (χ4v) is 4.79. The van der Waals surface area contributed by atoms with Gasteiger partial charge in [-0.1, -0.05) is 0 Å². The molecule has 1 fully saturated rings. The van der Waals surface area contributed by atoms with Gasteiger partial charge in [0.25, 0.3) is 5.91 Å². The van der Waals surface area contributed by atoms with Crippen LogP contribution in [0.25, 0.3) is 0 Å². The lowest BCUT2D eigenvalue weighted by molar-refractivity contribution is -0.161. The van der Waals surface area contributed by atoms with Gasteiger partial charge in [0.15, 0.2) is 28.3 Å². The van der Waals surface area contributed by atoms with Crippen molar-refractivity contribution in [2.24, 2.45) is 0 Å². The molecule has 1 aliphatic rings. The first-order valence-electron chi connectivity index (χ1n) is 9.07.